The number of halogens is 1. The molecule has 1 aromatic carbocycles. The van der Waals surface area contributed by atoms with Crippen LogP contribution in [-0.4, -0.2) is 59.3 Å². The number of benzene rings is 1. The third-order valence-corrected chi connectivity index (χ3v) is 4.81. The molecule has 164 valence electrons. The van der Waals surface area contributed by atoms with Gasteiger partial charge in [-0.1, -0.05) is 0 Å². The molecule has 1 aromatic heterocycles. The lowest BCUT2D eigenvalue weighted by Gasteiger charge is -2.32. The van der Waals surface area contributed by atoms with Gasteiger partial charge in [-0.05, 0) is 44.4 Å². The zero-order valence-electron chi connectivity index (χ0n) is 17.7. The molecule has 3 rings (SSSR count). The molecule has 1 fully saturated rings. The van der Waals surface area contributed by atoms with E-state index in [1.807, 2.05) is 13.8 Å². The summed E-state index contributed by atoms with van der Waals surface area (Å²) in [7, 11) is 1.49. The van der Waals surface area contributed by atoms with Crippen molar-refractivity contribution < 1.29 is 18.6 Å². The molecule has 10 heteroatoms. The number of methoxy groups -OCH3 is 1. The van der Waals surface area contributed by atoms with E-state index in [0.717, 1.165) is 31.5 Å². The molecule has 0 radical (unpaired) electrons. The van der Waals surface area contributed by atoms with Gasteiger partial charge >= 0.3 is 6.01 Å². The molecule has 1 aliphatic heterocycles. The van der Waals surface area contributed by atoms with Gasteiger partial charge in [-0.15, -0.1) is 0 Å². The predicted molar refractivity (Wildman–Crippen MR) is 111 cm³/mol. The number of hydrogen-bond acceptors (Lipinski definition) is 9. The maximum absolute atomic E-state index is 14.4. The van der Waals surface area contributed by atoms with Gasteiger partial charge in [-0.2, -0.15) is 19.3 Å². The highest BCUT2D eigenvalue weighted by Crippen LogP contribution is 2.30. The summed E-state index contributed by atoms with van der Waals surface area (Å²) < 4.78 is 30.4. The monoisotopic (exact) mass is 420 g/mol. The quantitative estimate of drug-likeness (QED) is 0.632. The minimum atomic E-state index is -0.447. The standard InChI is InChI=1S/C20H29FN6O3/c1-4-29-15-10-13(11-16(17(15)21)30-5-2)12-27-8-6-14(7-9-27)23-19-24-18(22)25-20(26-19)28-3/h10-11,14H,4-9,12H2,1-3H3,(H3,22,23,24,25,26). The molecule has 3 N–H and O–H groups in total. The van der Waals surface area contributed by atoms with Gasteiger partial charge < -0.3 is 25.3 Å². The second-order valence-electron chi connectivity index (χ2n) is 6.97. The van der Waals surface area contributed by atoms with Crippen LogP contribution in [0, 0.1) is 5.82 Å². The largest absolute Gasteiger partial charge is 0.491 e. The Morgan fingerprint density at radius 2 is 1.73 bits per heavy atom. The molecule has 1 aliphatic rings. The van der Waals surface area contributed by atoms with Crippen LogP contribution in [0.3, 0.4) is 0 Å². The van der Waals surface area contributed by atoms with Crippen LogP contribution in [0.15, 0.2) is 12.1 Å². The van der Waals surface area contributed by atoms with Crippen molar-refractivity contribution in [3.8, 4) is 17.5 Å². The number of hydrogen-bond donors (Lipinski definition) is 2. The van der Waals surface area contributed by atoms with Crippen LogP contribution < -0.4 is 25.3 Å². The van der Waals surface area contributed by atoms with E-state index in [-0.39, 0.29) is 29.5 Å². The molecular formula is C20H29FN6O3. The topological polar surface area (TPSA) is 108 Å². The van der Waals surface area contributed by atoms with E-state index in [1.54, 1.807) is 12.1 Å². The fraction of sp³-hybridized carbons (Fsp3) is 0.550. The molecule has 2 heterocycles. The lowest BCUT2D eigenvalue weighted by molar-refractivity contribution is 0.210. The zero-order chi connectivity index (χ0) is 21.5. The van der Waals surface area contributed by atoms with E-state index < -0.39 is 5.82 Å². The summed E-state index contributed by atoms with van der Waals surface area (Å²) in [6.07, 6.45) is 1.82. The van der Waals surface area contributed by atoms with Crippen LogP contribution in [0.5, 0.6) is 17.5 Å². The first-order chi connectivity index (χ1) is 14.5. The first-order valence-electron chi connectivity index (χ1n) is 10.1. The van der Waals surface area contributed by atoms with E-state index in [4.69, 9.17) is 19.9 Å². The van der Waals surface area contributed by atoms with Gasteiger partial charge in [-0.3, -0.25) is 4.90 Å². The Hall–Kier alpha value is -2.88. The Balaban J connectivity index is 1.60. The molecule has 9 nitrogen and oxygen atoms in total. The number of piperidine rings is 1. The number of aromatic nitrogens is 3. The third-order valence-electron chi connectivity index (χ3n) is 4.81. The van der Waals surface area contributed by atoms with Crippen LogP contribution >= 0.6 is 0 Å². The molecule has 0 saturated carbocycles. The fourth-order valence-electron chi connectivity index (χ4n) is 3.44. The van der Waals surface area contributed by atoms with Gasteiger partial charge in [0.05, 0.1) is 20.3 Å². The number of anilines is 2. The molecule has 0 spiro atoms. The molecule has 30 heavy (non-hydrogen) atoms. The number of nitrogens with zero attached hydrogens (tertiary/aromatic N) is 4. The number of ether oxygens (including phenoxy) is 3. The summed E-state index contributed by atoms with van der Waals surface area (Å²) in [6.45, 7) is 6.91. The van der Waals surface area contributed by atoms with Crippen molar-refractivity contribution in [1.82, 2.24) is 19.9 Å². The summed E-state index contributed by atoms with van der Waals surface area (Å²) >= 11 is 0. The molecule has 0 atom stereocenters. The van der Waals surface area contributed by atoms with Crippen molar-refractivity contribution in [3.63, 3.8) is 0 Å². The normalized spacial score (nSPS) is 15.1. The first-order valence-corrected chi connectivity index (χ1v) is 10.1. The van der Waals surface area contributed by atoms with Crippen LogP contribution in [0.2, 0.25) is 0 Å². The maximum atomic E-state index is 14.4. The van der Waals surface area contributed by atoms with Crippen LogP contribution in [0.4, 0.5) is 16.3 Å². The molecule has 0 amide bonds. The summed E-state index contributed by atoms with van der Waals surface area (Å²) in [5, 5.41) is 3.30. The number of nitrogens with one attached hydrogen (secondary N) is 1. The number of nitrogen functional groups attached to an aromatic ring is 1. The smallest absolute Gasteiger partial charge is 0.322 e. The highest BCUT2D eigenvalue weighted by molar-refractivity contribution is 5.40. The molecule has 2 aromatic rings. The highest BCUT2D eigenvalue weighted by atomic mass is 19.1. The van der Waals surface area contributed by atoms with Crippen LogP contribution in [-0.2, 0) is 6.54 Å². The number of rotatable bonds is 9. The Kier molecular flexibility index (Phi) is 7.45. The van der Waals surface area contributed by atoms with Crippen molar-refractivity contribution in [1.29, 1.82) is 0 Å². The van der Waals surface area contributed by atoms with Gasteiger partial charge in [0.1, 0.15) is 0 Å². The lowest BCUT2D eigenvalue weighted by Crippen LogP contribution is -2.39. The summed E-state index contributed by atoms with van der Waals surface area (Å²) in [5.41, 5.74) is 6.65. The Morgan fingerprint density at radius 3 is 2.30 bits per heavy atom. The van der Waals surface area contributed by atoms with Crippen molar-refractivity contribution in [2.24, 2.45) is 0 Å². The summed E-state index contributed by atoms with van der Waals surface area (Å²) in [4.78, 5) is 14.5. The number of nitrogens with two attached hydrogens (primary N) is 1. The van der Waals surface area contributed by atoms with Crippen molar-refractivity contribution >= 4 is 11.9 Å². The van der Waals surface area contributed by atoms with Gasteiger partial charge in [-0.25, -0.2) is 0 Å². The number of likely N-dealkylation sites (tertiary alicyclic amines) is 1. The van der Waals surface area contributed by atoms with E-state index in [0.29, 0.717) is 25.7 Å². The minimum absolute atomic E-state index is 0.119. The maximum Gasteiger partial charge on any atom is 0.322 e. The Bertz CT molecular complexity index is 818. The predicted octanol–water partition coefficient (Wildman–Crippen LogP) is 2.48. The molecule has 0 unspecified atom stereocenters. The average molecular weight is 420 g/mol. The van der Waals surface area contributed by atoms with Crippen LogP contribution in [0.25, 0.3) is 0 Å². The Labute approximate surface area is 175 Å². The average Bonchev–Trinajstić information content (AvgIpc) is 2.72. The van der Waals surface area contributed by atoms with Gasteiger partial charge in [0.25, 0.3) is 0 Å². The van der Waals surface area contributed by atoms with Crippen molar-refractivity contribution in [3.05, 3.63) is 23.5 Å². The minimum Gasteiger partial charge on any atom is -0.491 e. The molecule has 0 bridgehead atoms. The van der Waals surface area contributed by atoms with Gasteiger partial charge in [0.2, 0.25) is 17.7 Å². The highest BCUT2D eigenvalue weighted by Gasteiger charge is 2.22. The lowest BCUT2D eigenvalue weighted by atomic mass is 10.0. The molecular weight excluding hydrogens is 391 g/mol. The zero-order valence-corrected chi connectivity index (χ0v) is 17.7. The van der Waals surface area contributed by atoms with E-state index >= 15 is 0 Å². The summed E-state index contributed by atoms with van der Waals surface area (Å²) in [5.74, 6) is 0.553. The van der Waals surface area contributed by atoms with E-state index in [9.17, 15) is 4.39 Å². The van der Waals surface area contributed by atoms with Gasteiger partial charge in [0.15, 0.2) is 11.5 Å². The van der Waals surface area contributed by atoms with Gasteiger partial charge in [0, 0.05) is 25.7 Å². The second kappa shape index (κ2) is 10.2. The van der Waals surface area contributed by atoms with Crippen molar-refractivity contribution in [2.45, 2.75) is 39.3 Å². The Morgan fingerprint density at radius 1 is 1.10 bits per heavy atom. The fourth-order valence-corrected chi connectivity index (χ4v) is 3.44. The van der Waals surface area contributed by atoms with E-state index in [2.05, 4.69) is 25.2 Å². The molecule has 0 aliphatic carbocycles. The third kappa shape index (κ3) is 5.59. The van der Waals surface area contributed by atoms with Crippen molar-refractivity contribution in [2.75, 3.05) is 44.5 Å². The first kappa shape index (κ1) is 21.8. The summed E-state index contributed by atoms with van der Waals surface area (Å²) in [6, 6.07) is 3.92. The van der Waals surface area contributed by atoms with Crippen LogP contribution in [0.1, 0.15) is 32.3 Å². The SMILES string of the molecule is CCOc1cc(CN2CCC(Nc3nc(N)nc(OC)n3)CC2)cc(OCC)c1F. The van der Waals surface area contributed by atoms with E-state index in [1.165, 1.54) is 7.11 Å². The molecule has 1 saturated heterocycles. The second-order valence-corrected chi connectivity index (χ2v) is 6.97.